The van der Waals surface area contributed by atoms with Gasteiger partial charge in [0.25, 0.3) is 0 Å². The lowest BCUT2D eigenvalue weighted by molar-refractivity contribution is 0.306. The van der Waals surface area contributed by atoms with E-state index in [-0.39, 0.29) is 6.04 Å². The summed E-state index contributed by atoms with van der Waals surface area (Å²) in [7, 11) is 0. The second kappa shape index (κ2) is 7.31. The SMILES string of the molecule is Cc1noc(C(C)Nc2ccc(OCc3cccnc3)c(Cl)c2)n1. The predicted molar refractivity (Wildman–Crippen MR) is 91.1 cm³/mol. The largest absolute Gasteiger partial charge is 0.487 e. The van der Waals surface area contributed by atoms with Gasteiger partial charge in [-0.3, -0.25) is 4.98 Å². The van der Waals surface area contributed by atoms with Crippen LogP contribution >= 0.6 is 11.6 Å². The van der Waals surface area contributed by atoms with Crippen molar-refractivity contribution >= 4 is 17.3 Å². The fourth-order valence-electron chi connectivity index (χ4n) is 2.15. The molecule has 6 nitrogen and oxygen atoms in total. The van der Waals surface area contributed by atoms with Gasteiger partial charge in [-0.1, -0.05) is 22.8 Å². The molecule has 0 amide bonds. The van der Waals surface area contributed by atoms with E-state index in [1.54, 1.807) is 25.4 Å². The third kappa shape index (κ3) is 4.02. The van der Waals surface area contributed by atoms with Gasteiger partial charge in [0, 0.05) is 23.6 Å². The van der Waals surface area contributed by atoms with Crippen LogP contribution < -0.4 is 10.1 Å². The number of benzene rings is 1. The van der Waals surface area contributed by atoms with Crippen molar-refractivity contribution in [1.82, 2.24) is 15.1 Å². The Balaban J connectivity index is 1.64. The lowest BCUT2D eigenvalue weighted by Gasteiger charge is -2.13. The van der Waals surface area contributed by atoms with E-state index < -0.39 is 0 Å². The number of nitrogens with zero attached hydrogens (tertiary/aromatic N) is 3. The maximum atomic E-state index is 6.30. The van der Waals surface area contributed by atoms with E-state index in [4.69, 9.17) is 20.9 Å². The van der Waals surface area contributed by atoms with E-state index in [1.165, 1.54) is 0 Å². The van der Waals surface area contributed by atoms with Gasteiger partial charge in [-0.05, 0) is 38.1 Å². The van der Waals surface area contributed by atoms with Crippen LogP contribution in [-0.2, 0) is 6.61 Å². The van der Waals surface area contributed by atoms with Gasteiger partial charge in [0.15, 0.2) is 5.82 Å². The van der Waals surface area contributed by atoms with Crippen LogP contribution in [0.4, 0.5) is 5.69 Å². The molecule has 7 heteroatoms. The zero-order valence-corrected chi connectivity index (χ0v) is 14.1. The molecule has 0 aliphatic heterocycles. The molecule has 0 radical (unpaired) electrons. The number of aryl methyl sites for hydroxylation is 1. The second-order valence-electron chi connectivity index (χ2n) is 5.34. The molecule has 0 aliphatic rings. The molecule has 0 saturated heterocycles. The van der Waals surface area contributed by atoms with E-state index in [2.05, 4.69) is 20.4 Å². The first-order valence-electron chi connectivity index (χ1n) is 7.50. The van der Waals surface area contributed by atoms with Gasteiger partial charge >= 0.3 is 0 Å². The molecule has 0 fully saturated rings. The zero-order chi connectivity index (χ0) is 16.9. The standard InChI is InChI=1S/C17H17ClN4O2/c1-11(17-21-12(2)22-24-17)20-14-5-6-16(15(18)8-14)23-10-13-4-3-7-19-9-13/h3-9,11,20H,10H2,1-2H3. The van der Waals surface area contributed by atoms with Crippen LogP contribution in [0.3, 0.4) is 0 Å². The van der Waals surface area contributed by atoms with Crippen molar-refractivity contribution in [3.8, 4) is 5.75 Å². The number of aromatic nitrogens is 3. The van der Waals surface area contributed by atoms with Crippen LogP contribution in [0.2, 0.25) is 5.02 Å². The summed E-state index contributed by atoms with van der Waals surface area (Å²) in [5.41, 5.74) is 1.83. The predicted octanol–water partition coefficient (Wildman–Crippen LogP) is 4.18. The number of nitrogens with one attached hydrogen (secondary N) is 1. The molecule has 124 valence electrons. The van der Waals surface area contributed by atoms with Crippen molar-refractivity contribution in [3.63, 3.8) is 0 Å². The van der Waals surface area contributed by atoms with Crippen LogP contribution in [0.5, 0.6) is 5.75 Å². The molecule has 24 heavy (non-hydrogen) atoms. The lowest BCUT2D eigenvalue weighted by atomic mass is 10.2. The molecule has 0 bridgehead atoms. The first kappa shape index (κ1) is 16.3. The summed E-state index contributed by atoms with van der Waals surface area (Å²) in [6.45, 7) is 4.14. The Hall–Kier alpha value is -2.60. The first-order chi connectivity index (χ1) is 11.6. The molecule has 2 aromatic heterocycles. The number of anilines is 1. The number of rotatable bonds is 6. The summed E-state index contributed by atoms with van der Waals surface area (Å²) in [5, 5.41) is 7.58. The minimum Gasteiger partial charge on any atom is -0.487 e. The molecular weight excluding hydrogens is 328 g/mol. The minimum atomic E-state index is -0.121. The van der Waals surface area contributed by atoms with Crippen molar-refractivity contribution in [2.45, 2.75) is 26.5 Å². The van der Waals surface area contributed by atoms with Crippen molar-refractivity contribution in [2.24, 2.45) is 0 Å². The summed E-state index contributed by atoms with van der Waals surface area (Å²) >= 11 is 6.30. The average molecular weight is 345 g/mol. The number of hydrogen-bond donors (Lipinski definition) is 1. The molecule has 2 heterocycles. The van der Waals surface area contributed by atoms with Gasteiger partial charge in [-0.25, -0.2) is 0 Å². The highest BCUT2D eigenvalue weighted by Crippen LogP contribution is 2.29. The fraction of sp³-hybridized carbons (Fsp3) is 0.235. The topological polar surface area (TPSA) is 73.1 Å². The van der Waals surface area contributed by atoms with Gasteiger partial charge in [0.05, 0.1) is 5.02 Å². The van der Waals surface area contributed by atoms with E-state index in [1.807, 2.05) is 31.2 Å². The summed E-state index contributed by atoms with van der Waals surface area (Å²) < 4.78 is 10.9. The first-order valence-corrected chi connectivity index (χ1v) is 7.87. The van der Waals surface area contributed by atoms with Gasteiger partial charge in [0.1, 0.15) is 18.4 Å². The normalized spacial score (nSPS) is 12.0. The Morgan fingerprint density at radius 1 is 1.33 bits per heavy atom. The molecule has 1 unspecified atom stereocenters. The molecule has 3 rings (SSSR count). The third-order valence-corrected chi connectivity index (χ3v) is 3.64. The van der Waals surface area contributed by atoms with Crippen LogP contribution in [0, 0.1) is 6.92 Å². The zero-order valence-electron chi connectivity index (χ0n) is 13.4. The summed E-state index contributed by atoms with van der Waals surface area (Å²) in [6.07, 6.45) is 3.49. The molecule has 0 saturated carbocycles. The Bertz CT molecular complexity index is 807. The van der Waals surface area contributed by atoms with Crippen LogP contribution in [-0.4, -0.2) is 15.1 Å². The highest BCUT2D eigenvalue weighted by Gasteiger charge is 2.13. The van der Waals surface area contributed by atoms with Crippen molar-refractivity contribution in [1.29, 1.82) is 0 Å². The highest BCUT2D eigenvalue weighted by molar-refractivity contribution is 6.32. The monoisotopic (exact) mass is 344 g/mol. The maximum Gasteiger partial charge on any atom is 0.248 e. The summed E-state index contributed by atoms with van der Waals surface area (Å²) in [5.74, 6) is 1.75. The molecular formula is C17H17ClN4O2. The Labute approximate surface area is 144 Å². The van der Waals surface area contributed by atoms with Crippen molar-refractivity contribution in [2.75, 3.05) is 5.32 Å². The Kier molecular flexibility index (Phi) is 4.96. The molecule has 1 atom stereocenters. The van der Waals surface area contributed by atoms with Crippen LogP contribution in [0.25, 0.3) is 0 Å². The molecule has 3 aromatic rings. The maximum absolute atomic E-state index is 6.30. The quantitative estimate of drug-likeness (QED) is 0.723. The fourth-order valence-corrected chi connectivity index (χ4v) is 2.39. The van der Waals surface area contributed by atoms with Gasteiger partial charge in [0.2, 0.25) is 5.89 Å². The molecule has 0 aliphatic carbocycles. The minimum absolute atomic E-state index is 0.121. The number of hydrogen-bond acceptors (Lipinski definition) is 6. The average Bonchev–Trinajstić information content (AvgIpc) is 3.02. The van der Waals surface area contributed by atoms with Crippen LogP contribution in [0.1, 0.15) is 30.2 Å². The van der Waals surface area contributed by atoms with E-state index in [0.29, 0.717) is 29.1 Å². The number of halogens is 1. The van der Waals surface area contributed by atoms with Gasteiger partial charge < -0.3 is 14.6 Å². The Morgan fingerprint density at radius 3 is 2.88 bits per heavy atom. The van der Waals surface area contributed by atoms with Gasteiger partial charge in [-0.2, -0.15) is 4.98 Å². The van der Waals surface area contributed by atoms with E-state index in [9.17, 15) is 0 Å². The number of ether oxygens (including phenoxy) is 1. The second-order valence-corrected chi connectivity index (χ2v) is 5.75. The third-order valence-electron chi connectivity index (χ3n) is 3.35. The van der Waals surface area contributed by atoms with Crippen LogP contribution in [0.15, 0.2) is 47.2 Å². The number of pyridine rings is 1. The molecule has 0 spiro atoms. The summed E-state index contributed by atoms with van der Waals surface area (Å²) in [4.78, 5) is 8.26. The van der Waals surface area contributed by atoms with E-state index >= 15 is 0 Å². The van der Waals surface area contributed by atoms with Crippen molar-refractivity contribution in [3.05, 3.63) is 65.0 Å². The smallest absolute Gasteiger partial charge is 0.248 e. The van der Waals surface area contributed by atoms with Gasteiger partial charge in [-0.15, -0.1) is 0 Å². The molecule has 1 aromatic carbocycles. The van der Waals surface area contributed by atoms with E-state index in [0.717, 1.165) is 11.3 Å². The lowest BCUT2D eigenvalue weighted by Crippen LogP contribution is -2.07. The Morgan fingerprint density at radius 2 is 2.21 bits per heavy atom. The highest BCUT2D eigenvalue weighted by atomic mass is 35.5. The summed E-state index contributed by atoms with van der Waals surface area (Å²) in [6, 6.07) is 9.22. The molecule has 1 N–H and O–H groups in total. The van der Waals surface area contributed by atoms with Crippen molar-refractivity contribution < 1.29 is 9.26 Å².